The molecule has 3 rings (SSSR count). The predicted octanol–water partition coefficient (Wildman–Crippen LogP) is 2.79. The highest BCUT2D eigenvalue weighted by Crippen LogP contribution is 2.28. The van der Waals surface area contributed by atoms with Gasteiger partial charge in [0, 0.05) is 0 Å². The van der Waals surface area contributed by atoms with Gasteiger partial charge in [-0.1, -0.05) is 24.0 Å². The van der Waals surface area contributed by atoms with Crippen LogP contribution in [-0.4, -0.2) is 22.8 Å². The fourth-order valence-electron chi connectivity index (χ4n) is 1.97. The summed E-state index contributed by atoms with van der Waals surface area (Å²) in [5.74, 6) is 6.58. The summed E-state index contributed by atoms with van der Waals surface area (Å²) in [6.45, 7) is 3.81. The van der Waals surface area contributed by atoms with E-state index in [0.717, 1.165) is 5.56 Å². The van der Waals surface area contributed by atoms with Crippen LogP contribution in [0.15, 0.2) is 24.3 Å². The predicted molar refractivity (Wildman–Crippen MR) is 76.3 cm³/mol. The van der Waals surface area contributed by atoms with E-state index in [0.29, 0.717) is 23.6 Å². The van der Waals surface area contributed by atoms with E-state index < -0.39 is 5.97 Å². The van der Waals surface area contributed by atoms with Gasteiger partial charge in [-0.25, -0.2) is 4.79 Å². The Bertz CT molecular complexity index is 727. The second kappa shape index (κ2) is 5.33. The standard InChI is InChI=1S/C16H14N2O3/c1-3-20-16(19)14-10(2)17-18-15(14)21-13-8-6-12(7-9-13)11-4-5-11/h6-9,11H,3H2,1-2H3,(H,17,18). The highest BCUT2D eigenvalue weighted by molar-refractivity contribution is 5.93. The molecular formula is C16H14N2O3. The largest absolute Gasteiger partial charge is 0.462 e. The fourth-order valence-corrected chi connectivity index (χ4v) is 1.97. The molecule has 0 saturated carbocycles. The van der Waals surface area contributed by atoms with Gasteiger partial charge in [-0.2, -0.15) is 0 Å². The van der Waals surface area contributed by atoms with Crippen molar-refractivity contribution in [2.45, 2.75) is 19.8 Å². The maximum absolute atomic E-state index is 11.9. The van der Waals surface area contributed by atoms with Crippen LogP contribution in [0.2, 0.25) is 0 Å². The maximum atomic E-state index is 11.9. The number of nitrogens with one attached hydrogen (secondary N) is 1. The van der Waals surface area contributed by atoms with Crippen molar-refractivity contribution in [1.29, 1.82) is 0 Å². The number of benzene rings is 1. The Balaban J connectivity index is 1.79. The summed E-state index contributed by atoms with van der Waals surface area (Å²) in [5, 5.41) is 6.75. The molecule has 1 heterocycles. The van der Waals surface area contributed by atoms with Gasteiger partial charge in [0.25, 0.3) is 5.88 Å². The molecule has 1 aliphatic carbocycles. The summed E-state index contributed by atoms with van der Waals surface area (Å²) >= 11 is 0. The lowest BCUT2D eigenvalue weighted by Crippen LogP contribution is -2.06. The maximum Gasteiger partial charge on any atom is 0.345 e. The van der Waals surface area contributed by atoms with E-state index in [1.54, 1.807) is 13.8 Å². The van der Waals surface area contributed by atoms with Crippen LogP contribution in [0.25, 0.3) is 0 Å². The van der Waals surface area contributed by atoms with Crippen LogP contribution < -0.4 is 4.74 Å². The number of hydrogen-bond donors (Lipinski definition) is 1. The molecule has 1 aromatic carbocycles. The first-order chi connectivity index (χ1) is 10.2. The molecule has 0 atom stereocenters. The average molecular weight is 282 g/mol. The van der Waals surface area contributed by atoms with Crippen LogP contribution in [0.3, 0.4) is 0 Å². The minimum Gasteiger partial charge on any atom is -0.462 e. The number of H-pyrrole nitrogens is 1. The molecule has 0 aliphatic heterocycles. The van der Waals surface area contributed by atoms with Crippen LogP contribution in [0.4, 0.5) is 0 Å². The number of ether oxygens (including phenoxy) is 2. The number of carbonyl (C=O) groups is 1. The molecule has 0 amide bonds. The van der Waals surface area contributed by atoms with Crippen LogP contribution in [-0.2, 0) is 4.74 Å². The van der Waals surface area contributed by atoms with Crippen LogP contribution in [0.1, 0.15) is 34.5 Å². The summed E-state index contributed by atoms with van der Waals surface area (Å²) in [6, 6.07) is 7.54. The lowest BCUT2D eigenvalue weighted by atomic mass is 10.1. The van der Waals surface area contributed by atoms with Crippen molar-refractivity contribution in [3.05, 3.63) is 41.1 Å². The number of rotatable bonds is 5. The number of aromatic amines is 1. The zero-order valence-corrected chi connectivity index (χ0v) is 11.8. The van der Waals surface area contributed by atoms with Crippen molar-refractivity contribution in [2.75, 3.05) is 6.61 Å². The lowest BCUT2D eigenvalue weighted by Gasteiger charge is -2.06. The molecule has 0 unspecified atom stereocenters. The number of esters is 1. The Morgan fingerprint density at radius 1 is 1.33 bits per heavy atom. The van der Waals surface area contributed by atoms with Crippen LogP contribution >= 0.6 is 0 Å². The third-order valence-electron chi connectivity index (χ3n) is 3.11. The topological polar surface area (TPSA) is 64.2 Å². The van der Waals surface area contributed by atoms with Gasteiger partial charge in [-0.3, -0.25) is 5.10 Å². The minimum absolute atomic E-state index is 0.210. The first kappa shape index (κ1) is 13.3. The van der Waals surface area contributed by atoms with Crippen molar-refractivity contribution in [1.82, 2.24) is 10.2 Å². The third kappa shape index (κ3) is 2.75. The molecular weight excluding hydrogens is 268 g/mol. The summed E-state index contributed by atoms with van der Waals surface area (Å²) in [5.41, 5.74) is 2.06. The molecule has 21 heavy (non-hydrogen) atoms. The second-order valence-corrected chi connectivity index (χ2v) is 4.64. The molecule has 106 valence electrons. The van der Waals surface area contributed by atoms with Gasteiger partial charge in [0.15, 0.2) is 0 Å². The van der Waals surface area contributed by atoms with Crippen molar-refractivity contribution >= 4 is 5.97 Å². The van der Waals surface area contributed by atoms with E-state index in [4.69, 9.17) is 9.47 Å². The van der Waals surface area contributed by atoms with Gasteiger partial charge in [-0.15, -0.1) is 5.10 Å². The van der Waals surface area contributed by atoms with Crippen molar-refractivity contribution < 1.29 is 14.3 Å². The molecule has 5 heteroatoms. The molecule has 0 fully saturated rings. The normalized spacial score (nSPS) is 12.5. The quantitative estimate of drug-likeness (QED) is 0.676. The SMILES string of the molecule is CCOC(=O)c1c(Oc2ccc(C3C#C3)cc2)n[nH]c1C. The number of nitrogens with zero attached hydrogens (tertiary/aromatic N) is 1. The lowest BCUT2D eigenvalue weighted by molar-refractivity contribution is 0.0523. The number of hydrogen-bond acceptors (Lipinski definition) is 4. The molecule has 0 spiro atoms. The Kier molecular flexibility index (Phi) is 3.36. The van der Waals surface area contributed by atoms with Gasteiger partial charge in [0.2, 0.25) is 0 Å². The van der Waals surface area contributed by atoms with E-state index in [-0.39, 0.29) is 11.8 Å². The van der Waals surface area contributed by atoms with Crippen molar-refractivity contribution in [3.8, 4) is 23.5 Å². The first-order valence-electron chi connectivity index (χ1n) is 6.70. The van der Waals surface area contributed by atoms with Gasteiger partial charge in [0.05, 0.1) is 12.3 Å². The molecule has 2 aromatic rings. The van der Waals surface area contributed by atoms with E-state index in [1.165, 1.54) is 0 Å². The molecule has 1 N–H and O–H groups in total. The average Bonchev–Trinajstić information content (AvgIpc) is 3.25. The molecule has 0 radical (unpaired) electrons. The number of carbonyl (C=O) groups excluding carboxylic acids is 1. The van der Waals surface area contributed by atoms with E-state index in [2.05, 4.69) is 22.0 Å². The van der Waals surface area contributed by atoms with E-state index in [1.807, 2.05) is 24.3 Å². The van der Waals surface area contributed by atoms with Crippen LogP contribution in [0, 0.1) is 18.8 Å². The second-order valence-electron chi connectivity index (χ2n) is 4.64. The smallest absolute Gasteiger partial charge is 0.345 e. The fraction of sp³-hybridized carbons (Fsp3) is 0.250. The first-order valence-corrected chi connectivity index (χ1v) is 6.70. The molecule has 1 aromatic heterocycles. The molecule has 0 bridgehead atoms. The summed E-state index contributed by atoms with van der Waals surface area (Å²) in [6.07, 6.45) is 0. The van der Waals surface area contributed by atoms with Crippen molar-refractivity contribution in [2.24, 2.45) is 0 Å². The highest BCUT2D eigenvalue weighted by Gasteiger charge is 2.21. The summed E-state index contributed by atoms with van der Waals surface area (Å²) in [4.78, 5) is 11.9. The monoisotopic (exact) mass is 282 g/mol. The van der Waals surface area contributed by atoms with E-state index in [9.17, 15) is 4.79 Å². The highest BCUT2D eigenvalue weighted by atomic mass is 16.5. The number of aromatic nitrogens is 2. The summed E-state index contributed by atoms with van der Waals surface area (Å²) in [7, 11) is 0. The minimum atomic E-state index is -0.443. The molecule has 0 saturated heterocycles. The van der Waals surface area contributed by atoms with Gasteiger partial charge in [0.1, 0.15) is 17.2 Å². The molecule has 5 nitrogen and oxygen atoms in total. The Labute approximate surface area is 122 Å². The van der Waals surface area contributed by atoms with Gasteiger partial charge < -0.3 is 9.47 Å². The van der Waals surface area contributed by atoms with E-state index >= 15 is 0 Å². The Morgan fingerprint density at radius 2 is 2.05 bits per heavy atom. The van der Waals surface area contributed by atoms with Gasteiger partial charge >= 0.3 is 5.97 Å². The zero-order valence-electron chi connectivity index (χ0n) is 11.8. The molecule has 1 aliphatic rings. The Hall–Kier alpha value is -2.74. The number of aryl methyl sites for hydroxylation is 1. The zero-order chi connectivity index (χ0) is 14.8. The van der Waals surface area contributed by atoms with Gasteiger partial charge in [-0.05, 0) is 31.5 Å². The van der Waals surface area contributed by atoms with Crippen molar-refractivity contribution in [3.63, 3.8) is 0 Å². The van der Waals surface area contributed by atoms with Crippen LogP contribution in [0.5, 0.6) is 11.6 Å². The summed E-state index contributed by atoms with van der Waals surface area (Å²) < 4.78 is 10.7. The third-order valence-corrected chi connectivity index (χ3v) is 3.11. The Morgan fingerprint density at radius 3 is 2.67 bits per heavy atom.